The Morgan fingerprint density at radius 2 is 1.86 bits per heavy atom. The number of nitrogens with zero attached hydrogens (tertiary/aromatic N) is 1. The summed E-state index contributed by atoms with van der Waals surface area (Å²) < 4.78 is 38.8. The van der Waals surface area contributed by atoms with Gasteiger partial charge in [0.1, 0.15) is 15.7 Å². The van der Waals surface area contributed by atoms with Crippen LogP contribution in [0.15, 0.2) is 46.2 Å². The number of allylic oxidation sites excluding steroid dienone is 2. The van der Waals surface area contributed by atoms with Gasteiger partial charge in [-0.05, 0) is 38.0 Å². The van der Waals surface area contributed by atoms with Crippen molar-refractivity contribution in [1.29, 1.82) is 0 Å². The first-order chi connectivity index (χ1) is 17.4. The average molecular weight is 549 g/mol. The zero-order chi connectivity index (χ0) is 27.4. The molecule has 1 aromatic heterocycles. The molecule has 2 atom stereocenters. The van der Waals surface area contributed by atoms with Gasteiger partial charge >= 0.3 is 0 Å². The van der Waals surface area contributed by atoms with Gasteiger partial charge in [0.25, 0.3) is 0 Å². The standard InChI is InChI=1S/C25H32N4O6S2/c1-5-11-34-18-8-9-19(20(13-18)35-12-6-2)22(31)17-7-10-21(26)25(27,14-17)37(32,33)23-15(3)28-24(36-23)29-16(4)30/h7-10,13-14,21H,5-6,11-12,26-27H2,1-4H3,(H,28,29,30). The molecule has 0 saturated carbocycles. The van der Waals surface area contributed by atoms with Crippen molar-refractivity contribution in [3.05, 3.63) is 53.3 Å². The van der Waals surface area contributed by atoms with Crippen LogP contribution < -0.4 is 26.3 Å². The quantitative estimate of drug-likeness (QED) is 0.358. The van der Waals surface area contributed by atoms with Crippen molar-refractivity contribution in [1.82, 2.24) is 4.98 Å². The predicted octanol–water partition coefficient (Wildman–Crippen LogP) is 3.12. The third kappa shape index (κ3) is 5.93. The van der Waals surface area contributed by atoms with Crippen molar-refractivity contribution in [2.24, 2.45) is 11.5 Å². The molecule has 0 bridgehead atoms. The van der Waals surface area contributed by atoms with E-state index in [0.29, 0.717) is 24.7 Å². The average Bonchev–Trinajstić information content (AvgIpc) is 3.22. The Labute approximate surface area is 220 Å². The molecule has 1 aromatic carbocycles. The number of ether oxygens (including phenoxy) is 2. The molecular formula is C25H32N4O6S2. The van der Waals surface area contributed by atoms with Crippen molar-refractivity contribution in [3.8, 4) is 11.5 Å². The predicted molar refractivity (Wildman–Crippen MR) is 143 cm³/mol. The smallest absolute Gasteiger partial charge is 0.223 e. The molecule has 0 fully saturated rings. The van der Waals surface area contributed by atoms with Crippen LogP contribution in [0.4, 0.5) is 5.13 Å². The second-order valence-electron chi connectivity index (χ2n) is 8.60. The number of hydrogen-bond acceptors (Lipinski definition) is 10. The van der Waals surface area contributed by atoms with Crippen molar-refractivity contribution in [3.63, 3.8) is 0 Å². The van der Waals surface area contributed by atoms with E-state index in [-0.39, 0.29) is 26.2 Å². The lowest BCUT2D eigenvalue weighted by Gasteiger charge is -2.33. The number of anilines is 1. The summed E-state index contributed by atoms with van der Waals surface area (Å²) in [6.07, 6.45) is 5.58. The second kappa shape index (κ2) is 11.5. The molecule has 0 radical (unpaired) electrons. The van der Waals surface area contributed by atoms with Crippen molar-refractivity contribution in [2.45, 2.75) is 55.7 Å². The van der Waals surface area contributed by atoms with E-state index in [1.807, 2.05) is 13.8 Å². The lowest BCUT2D eigenvalue weighted by atomic mass is 9.93. The Morgan fingerprint density at radius 1 is 1.19 bits per heavy atom. The third-order valence-corrected chi connectivity index (χ3v) is 9.41. The topological polar surface area (TPSA) is 164 Å². The molecule has 1 amide bonds. The highest BCUT2D eigenvalue weighted by atomic mass is 32.2. The van der Waals surface area contributed by atoms with Gasteiger partial charge in [-0.15, -0.1) is 0 Å². The Hall–Kier alpha value is -3.06. The van der Waals surface area contributed by atoms with Crippen LogP contribution in [0.25, 0.3) is 0 Å². The number of Topliss-reactive ketones (excluding diaryl/α,β-unsaturated/α-hetero) is 1. The highest BCUT2D eigenvalue weighted by Gasteiger charge is 2.48. The number of carbonyl (C=O) groups excluding carboxylic acids is 2. The molecule has 3 rings (SSSR count). The van der Waals surface area contributed by atoms with E-state index in [2.05, 4.69) is 10.3 Å². The fourth-order valence-electron chi connectivity index (χ4n) is 3.63. The number of nitrogens with two attached hydrogens (primary N) is 2. The summed E-state index contributed by atoms with van der Waals surface area (Å²) >= 11 is 0.776. The first-order valence-corrected chi connectivity index (χ1v) is 14.1. The van der Waals surface area contributed by atoms with E-state index in [9.17, 15) is 18.0 Å². The highest BCUT2D eigenvalue weighted by Crippen LogP contribution is 2.37. The molecule has 10 nitrogen and oxygen atoms in total. The summed E-state index contributed by atoms with van der Waals surface area (Å²) in [5.41, 5.74) is 13.1. The van der Waals surface area contributed by atoms with Gasteiger partial charge in [0.15, 0.2) is 15.8 Å². The van der Waals surface area contributed by atoms with E-state index in [0.717, 1.165) is 24.2 Å². The van der Waals surface area contributed by atoms with Crippen LogP contribution in [0.3, 0.4) is 0 Å². The number of hydrogen-bond donors (Lipinski definition) is 3. The number of benzene rings is 1. The van der Waals surface area contributed by atoms with Crippen LogP contribution in [-0.2, 0) is 14.6 Å². The maximum atomic E-state index is 13.7. The van der Waals surface area contributed by atoms with Gasteiger partial charge in [-0.3, -0.25) is 9.59 Å². The summed E-state index contributed by atoms with van der Waals surface area (Å²) in [6, 6.07) is 3.76. The molecule has 1 aliphatic rings. The number of sulfone groups is 1. The number of aromatic nitrogens is 1. The van der Waals surface area contributed by atoms with Gasteiger partial charge in [-0.2, -0.15) is 0 Å². The maximum Gasteiger partial charge on any atom is 0.223 e. The number of rotatable bonds is 11. The van der Waals surface area contributed by atoms with E-state index in [1.54, 1.807) is 18.2 Å². The van der Waals surface area contributed by atoms with Gasteiger partial charge in [0.2, 0.25) is 15.7 Å². The van der Waals surface area contributed by atoms with Crippen LogP contribution in [0.2, 0.25) is 0 Å². The second-order valence-corrected chi connectivity index (χ2v) is 12.0. The summed E-state index contributed by atoms with van der Waals surface area (Å²) in [7, 11) is -4.32. The largest absolute Gasteiger partial charge is 0.493 e. The normalized spacial score (nSPS) is 19.3. The van der Waals surface area contributed by atoms with E-state index in [4.69, 9.17) is 20.9 Å². The van der Waals surface area contributed by atoms with E-state index >= 15 is 0 Å². The fraction of sp³-hybridized carbons (Fsp3) is 0.400. The van der Waals surface area contributed by atoms with Crippen molar-refractivity contribution < 1.29 is 27.5 Å². The molecule has 2 unspecified atom stereocenters. The Kier molecular flexibility index (Phi) is 8.90. The molecule has 37 heavy (non-hydrogen) atoms. The summed E-state index contributed by atoms with van der Waals surface area (Å²) in [6.45, 7) is 7.62. The number of nitrogens with one attached hydrogen (secondary N) is 1. The minimum atomic E-state index is -4.32. The zero-order valence-corrected chi connectivity index (χ0v) is 22.9. The van der Waals surface area contributed by atoms with E-state index < -0.39 is 32.4 Å². The minimum absolute atomic E-state index is 0.0561. The van der Waals surface area contributed by atoms with Crippen LogP contribution in [-0.4, -0.2) is 49.2 Å². The number of amides is 1. The summed E-state index contributed by atoms with van der Waals surface area (Å²) in [5.74, 6) is 0.0261. The van der Waals surface area contributed by atoms with Gasteiger partial charge < -0.3 is 26.3 Å². The zero-order valence-electron chi connectivity index (χ0n) is 21.2. The van der Waals surface area contributed by atoms with Crippen LogP contribution in [0.5, 0.6) is 11.5 Å². The summed E-state index contributed by atoms with van der Waals surface area (Å²) in [4.78, 5) is 27.0. The Bertz CT molecular complexity index is 1350. The van der Waals surface area contributed by atoms with Gasteiger partial charge in [-0.25, -0.2) is 13.4 Å². The molecule has 0 aliphatic heterocycles. The lowest BCUT2D eigenvalue weighted by molar-refractivity contribution is -0.114. The van der Waals surface area contributed by atoms with Crippen molar-refractivity contribution in [2.75, 3.05) is 18.5 Å². The molecule has 1 aliphatic carbocycles. The molecule has 200 valence electrons. The van der Waals surface area contributed by atoms with Gasteiger partial charge in [0, 0.05) is 18.6 Å². The molecule has 12 heteroatoms. The first kappa shape index (κ1) is 28.5. The molecule has 0 saturated heterocycles. The Morgan fingerprint density at radius 3 is 2.51 bits per heavy atom. The first-order valence-electron chi connectivity index (χ1n) is 11.8. The molecule has 0 spiro atoms. The SMILES string of the molecule is CCCOc1ccc(C(=O)C2=CC(N)(S(=O)(=O)c3sc(NC(C)=O)nc3C)C(N)C=C2)c(OCCC)c1. The van der Waals surface area contributed by atoms with Gasteiger partial charge in [-0.1, -0.05) is 37.3 Å². The molecule has 5 N–H and O–H groups in total. The number of thiazole rings is 1. The lowest BCUT2D eigenvalue weighted by Crippen LogP contribution is -2.59. The van der Waals surface area contributed by atoms with Crippen LogP contribution >= 0.6 is 11.3 Å². The van der Waals surface area contributed by atoms with Gasteiger partial charge in [0.05, 0.1) is 30.5 Å². The number of aryl methyl sites for hydroxylation is 1. The third-order valence-electron chi connectivity index (χ3n) is 5.53. The number of ketones is 1. The number of carbonyl (C=O) groups is 2. The van der Waals surface area contributed by atoms with Crippen LogP contribution in [0, 0.1) is 6.92 Å². The molecule has 1 heterocycles. The molecular weight excluding hydrogens is 516 g/mol. The highest BCUT2D eigenvalue weighted by molar-refractivity contribution is 7.95. The fourth-order valence-corrected chi connectivity index (χ4v) is 6.96. The van der Waals surface area contributed by atoms with Crippen LogP contribution in [0.1, 0.15) is 49.7 Å². The monoisotopic (exact) mass is 548 g/mol. The Balaban J connectivity index is 2.03. The maximum absolute atomic E-state index is 13.7. The van der Waals surface area contributed by atoms with E-state index in [1.165, 1.54) is 32.1 Å². The van der Waals surface area contributed by atoms with Crippen molar-refractivity contribution >= 4 is 38.0 Å². The molecule has 2 aromatic rings. The summed E-state index contributed by atoms with van der Waals surface area (Å²) in [5, 5.41) is 2.60. The minimum Gasteiger partial charge on any atom is -0.493 e.